The van der Waals surface area contributed by atoms with E-state index in [9.17, 15) is 0 Å². The van der Waals surface area contributed by atoms with Gasteiger partial charge in [0.15, 0.2) is 0 Å². The quantitative estimate of drug-likeness (QED) is 0.503. The van der Waals surface area contributed by atoms with Crippen LogP contribution in [0, 0.1) is 0 Å². The third-order valence-electron chi connectivity index (χ3n) is 0.995. The average Bonchev–Trinajstić information content (AvgIpc) is 1.84. The molecule has 0 spiro atoms. The molecule has 58 valence electrons. The van der Waals surface area contributed by atoms with Crippen LogP contribution in [0.2, 0.25) is 0 Å². The van der Waals surface area contributed by atoms with Gasteiger partial charge in [-0.1, -0.05) is 24.4 Å². The molecule has 0 aliphatic carbocycles. The highest BCUT2D eigenvalue weighted by Gasteiger charge is 2.07. The van der Waals surface area contributed by atoms with Crippen molar-refractivity contribution >= 4 is 34.4 Å². The molecule has 0 aromatic rings. The minimum Gasteiger partial charge on any atom is -0.367 e. The van der Waals surface area contributed by atoms with Crippen LogP contribution in [0.25, 0.3) is 0 Å². The van der Waals surface area contributed by atoms with E-state index in [1.54, 1.807) is 0 Å². The predicted octanol–water partition coefficient (Wildman–Crippen LogP) is 0.764. The van der Waals surface area contributed by atoms with Crippen LogP contribution in [-0.4, -0.2) is 48.0 Å². The summed E-state index contributed by atoms with van der Waals surface area (Å²) in [5, 5.41) is 0. The molecule has 0 fully saturated rings. The van der Waals surface area contributed by atoms with Gasteiger partial charge in [-0.25, -0.2) is 0 Å². The van der Waals surface area contributed by atoms with Crippen LogP contribution in [-0.2, 0) is 0 Å². The summed E-state index contributed by atoms with van der Waals surface area (Å²) in [6.07, 6.45) is 0. The normalized spacial score (nSPS) is 8.80. The van der Waals surface area contributed by atoms with Gasteiger partial charge in [-0.15, -0.1) is 0 Å². The van der Waals surface area contributed by atoms with E-state index in [-0.39, 0.29) is 0 Å². The number of thiocarbonyl (C=S) groups is 2. The molecule has 10 heavy (non-hydrogen) atoms. The Labute approximate surface area is 72.8 Å². The molecule has 0 aromatic carbocycles. The van der Waals surface area contributed by atoms with Crippen molar-refractivity contribution < 1.29 is 0 Å². The maximum absolute atomic E-state index is 5.02. The topological polar surface area (TPSA) is 6.48 Å². The second kappa shape index (κ2) is 3.83. The average molecular weight is 176 g/mol. The van der Waals surface area contributed by atoms with E-state index in [1.807, 2.05) is 38.0 Å². The molecule has 0 radical (unpaired) electrons. The lowest BCUT2D eigenvalue weighted by Gasteiger charge is -2.19. The van der Waals surface area contributed by atoms with Gasteiger partial charge >= 0.3 is 0 Å². The van der Waals surface area contributed by atoms with E-state index >= 15 is 0 Å². The summed E-state index contributed by atoms with van der Waals surface area (Å²) in [5.74, 6) is 0. The first-order chi connectivity index (χ1) is 4.46. The molecule has 0 bridgehead atoms. The molecule has 0 amide bonds. The van der Waals surface area contributed by atoms with Crippen LogP contribution in [0.3, 0.4) is 0 Å². The Morgan fingerprint density at radius 3 is 1.10 bits per heavy atom. The highest BCUT2D eigenvalue weighted by atomic mass is 32.1. The van der Waals surface area contributed by atoms with Crippen molar-refractivity contribution in [2.24, 2.45) is 0 Å². The van der Waals surface area contributed by atoms with Gasteiger partial charge in [-0.05, 0) is 0 Å². The zero-order valence-corrected chi connectivity index (χ0v) is 8.34. The molecule has 0 heterocycles. The Kier molecular flexibility index (Phi) is 3.75. The van der Waals surface area contributed by atoms with Crippen molar-refractivity contribution in [3.63, 3.8) is 0 Å². The lowest BCUT2D eigenvalue weighted by atomic mass is 10.5. The molecule has 4 heteroatoms. The molecule has 0 saturated carbocycles. The summed E-state index contributed by atoms with van der Waals surface area (Å²) in [7, 11) is 7.55. The van der Waals surface area contributed by atoms with Crippen LogP contribution in [0.15, 0.2) is 0 Å². The molecule has 0 rings (SSSR count). The number of nitrogens with zero attached hydrogens (tertiary/aromatic N) is 2. The third kappa shape index (κ3) is 2.58. The first-order valence-electron chi connectivity index (χ1n) is 2.89. The highest BCUT2D eigenvalue weighted by Crippen LogP contribution is 1.91. The Morgan fingerprint density at radius 2 is 1.00 bits per heavy atom. The Bertz CT molecular complexity index is 134. The third-order valence-corrected chi connectivity index (χ3v) is 2.24. The van der Waals surface area contributed by atoms with Gasteiger partial charge in [0.2, 0.25) is 0 Å². The van der Waals surface area contributed by atoms with Crippen LogP contribution in [0.5, 0.6) is 0 Å². The lowest BCUT2D eigenvalue weighted by Crippen LogP contribution is -2.35. The van der Waals surface area contributed by atoms with E-state index in [2.05, 4.69) is 0 Å². The predicted molar refractivity (Wildman–Crippen MR) is 52.6 cm³/mol. The van der Waals surface area contributed by atoms with E-state index < -0.39 is 0 Å². The van der Waals surface area contributed by atoms with E-state index in [0.717, 1.165) is 0 Å². The van der Waals surface area contributed by atoms with Crippen LogP contribution >= 0.6 is 24.4 Å². The van der Waals surface area contributed by atoms with Crippen LogP contribution < -0.4 is 0 Å². The van der Waals surface area contributed by atoms with Gasteiger partial charge in [0.05, 0.1) is 0 Å². The minimum absolute atomic E-state index is 0.708. The van der Waals surface area contributed by atoms with E-state index in [1.165, 1.54) is 0 Å². The Hall–Kier alpha value is -0.220. The Morgan fingerprint density at radius 1 is 0.800 bits per heavy atom. The van der Waals surface area contributed by atoms with E-state index in [0.29, 0.717) is 9.98 Å². The maximum Gasteiger partial charge on any atom is 0.136 e. The number of hydrogen-bond acceptors (Lipinski definition) is 2. The first-order valence-corrected chi connectivity index (χ1v) is 3.71. The summed E-state index contributed by atoms with van der Waals surface area (Å²) in [5.41, 5.74) is 0. The van der Waals surface area contributed by atoms with Crippen molar-refractivity contribution in [3.8, 4) is 0 Å². The van der Waals surface area contributed by atoms with Gasteiger partial charge in [0, 0.05) is 28.2 Å². The molecule has 2 nitrogen and oxygen atoms in total. The number of likely N-dealkylation sites (N-methyl/N-ethyl adjacent to an activating group) is 2. The summed E-state index contributed by atoms with van der Waals surface area (Å²) in [6.45, 7) is 0. The maximum atomic E-state index is 5.02. The van der Waals surface area contributed by atoms with Gasteiger partial charge in [-0.3, -0.25) is 0 Å². The molecule has 0 aromatic heterocycles. The summed E-state index contributed by atoms with van der Waals surface area (Å²) >= 11 is 10.0. The second-order valence-electron chi connectivity index (χ2n) is 2.40. The number of rotatable bonds is 0. The van der Waals surface area contributed by atoms with Gasteiger partial charge in [0.25, 0.3) is 0 Å². The fourth-order valence-corrected chi connectivity index (χ4v) is 0.748. The smallest absolute Gasteiger partial charge is 0.136 e. The standard InChI is InChI=1S/C6H12N2S2/c1-7(2)5(9)6(10)8(3)4/h1-4H3. The largest absolute Gasteiger partial charge is 0.367 e. The van der Waals surface area contributed by atoms with Crippen molar-refractivity contribution in [2.75, 3.05) is 28.2 Å². The van der Waals surface area contributed by atoms with Gasteiger partial charge in [-0.2, -0.15) is 0 Å². The van der Waals surface area contributed by atoms with Gasteiger partial charge < -0.3 is 9.80 Å². The summed E-state index contributed by atoms with van der Waals surface area (Å²) < 4.78 is 0. The summed E-state index contributed by atoms with van der Waals surface area (Å²) in [6, 6.07) is 0. The zero-order chi connectivity index (χ0) is 8.31. The van der Waals surface area contributed by atoms with Crippen LogP contribution in [0.4, 0.5) is 0 Å². The minimum atomic E-state index is 0.708. The van der Waals surface area contributed by atoms with E-state index in [4.69, 9.17) is 24.4 Å². The van der Waals surface area contributed by atoms with Crippen LogP contribution in [0.1, 0.15) is 0 Å². The molecule has 0 aliphatic heterocycles. The monoisotopic (exact) mass is 176 g/mol. The molecular weight excluding hydrogens is 164 g/mol. The zero-order valence-electron chi connectivity index (χ0n) is 6.71. The number of hydrogen-bond donors (Lipinski definition) is 0. The lowest BCUT2D eigenvalue weighted by molar-refractivity contribution is 0.607. The fourth-order valence-electron chi connectivity index (χ4n) is 0.383. The molecule has 0 saturated heterocycles. The van der Waals surface area contributed by atoms with Crippen molar-refractivity contribution in [3.05, 3.63) is 0 Å². The van der Waals surface area contributed by atoms with Gasteiger partial charge in [0.1, 0.15) is 9.98 Å². The van der Waals surface area contributed by atoms with Crippen molar-refractivity contribution in [1.29, 1.82) is 0 Å². The molecule has 0 atom stereocenters. The Balaban J connectivity index is 4.10. The fraction of sp³-hybridized carbons (Fsp3) is 0.667. The summed E-state index contributed by atoms with van der Waals surface area (Å²) in [4.78, 5) is 5.08. The SMILES string of the molecule is CN(C)C(=S)C(=S)N(C)C. The highest BCUT2D eigenvalue weighted by molar-refractivity contribution is 7.89. The molecule has 0 unspecified atom stereocenters. The second-order valence-corrected chi connectivity index (χ2v) is 3.17. The van der Waals surface area contributed by atoms with Crippen molar-refractivity contribution in [2.45, 2.75) is 0 Å². The van der Waals surface area contributed by atoms with Crippen molar-refractivity contribution in [1.82, 2.24) is 9.80 Å². The first kappa shape index (κ1) is 9.78. The molecule has 0 aliphatic rings. The molecule has 0 N–H and O–H groups in total. The molecular formula is C6H12N2S2.